The Morgan fingerprint density at radius 3 is 2.28 bits per heavy atom. The third kappa shape index (κ3) is 6.53. The summed E-state index contributed by atoms with van der Waals surface area (Å²) < 4.78 is 15.2. The van der Waals surface area contributed by atoms with Gasteiger partial charge in [0.15, 0.2) is 6.10 Å². The van der Waals surface area contributed by atoms with Crippen LogP contribution in [0, 0.1) is 0 Å². The van der Waals surface area contributed by atoms with Crippen molar-refractivity contribution < 1.29 is 28.6 Å². The lowest BCUT2D eigenvalue weighted by atomic mass is 10.2. The zero-order valence-electron chi connectivity index (χ0n) is 16.6. The molecule has 0 radical (unpaired) electrons. The summed E-state index contributed by atoms with van der Waals surface area (Å²) in [6, 6.07) is 13.9. The Balaban J connectivity index is 1.77. The molecule has 0 saturated carbocycles. The number of carbonyl (C=O) groups is 3. The summed E-state index contributed by atoms with van der Waals surface area (Å²) in [6.45, 7) is 1.38. The molecule has 2 aromatic rings. The van der Waals surface area contributed by atoms with Crippen LogP contribution in [0.4, 0.5) is 0 Å². The molecule has 0 bridgehead atoms. The zero-order chi connectivity index (χ0) is 21.2. The second kappa shape index (κ2) is 10.7. The lowest BCUT2D eigenvalue weighted by molar-refractivity contribution is -0.153. The fourth-order valence-electron chi connectivity index (χ4n) is 2.45. The van der Waals surface area contributed by atoms with Gasteiger partial charge in [0.2, 0.25) is 0 Å². The van der Waals surface area contributed by atoms with Gasteiger partial charge in [0.25, 0.3) is 11.8 Å². The van der Waals surface area contributed by atoms with Crippen LogP contribution in [0.1, 0.15) is 22.8 Å². The normalized spacial score (nSPS) is 11.1. The topological polar surface area (TPSA) is 103 Å². The summed E-state index contributed by atoms with van der Waals surface area (Å²) in [7, 11) is 3.03. The van der Waals surface area contributed by atoms with Crippen molar-refractivity contribution in [1.82, 2.24) is 10.6 Å². The minimum Gasteiger partial charge on any atom is -0.497 e. The number of benzene rings is 2. The maximum absolute atomic E-state index is 12.2. The Labute approximate surface area is 169 Å². The van der Waals surface area contributed by atoms with Crippen LogP contribution in [0.3, 0.4) is 0 Å². The Hall–Kier alpha value is -3.55. The highest BCUT2D eigenvalue weighted by Crippen LogP contribution is 2.16. The average molecular weight is 400 g/mol. The minimum absolute atomic E-state index is 0.287. The molecule has 1 atom stereocenters. The highest BCUT2D eigenvalue weighted by Gasteiger charge is 2.19. The lowest BCUT2D eigenvalue weighted by Gasteiger charge is -2.14. The number of amides is 2. The second-order valence-corrected chi connectivity index (χ2v) is 6.08. The van der Waals surface area contributed by atoms with E-state index >= 15 is 0 Å². The smallest absolute Gasteiger partial charge is 0.326 e. The molecular weight excluding hydrogens is 376 g/mol. The van der Waals surface area contributed by atoms with Crippen molar-refractivity contribution in [3.63, 3.8) is 0 Å². The van der Waals surface area contributed by atoms with E-state index in [4.69, 9.17) is 14.2 Å². The van der Waals surface area contributed by atoms with Gasteiger partial charge in [-0.25, -0.2) is 0 Å². The van der Waals surface area contributed by atoms with Crippen LogP contribution >= 0.6 is 0 Å². The van der Waals surface area contributed by atoms with Crippen LogP contribution in [-0.4, -0.2) is 44.7 Å². The molecule has 2 aromatic carbocycles. The van der Waals surface area contributed by atoms with E-state index in [0.717, 1.165) is 11.3 Å². The number of methoxy groups -OCH3 is 2. The highest BCUT2D eigenvalue weighted by atomic mass is 16.5. The molecule has 0 spiro atoms. The van der Waals surface area contributed by atoms with E-state index in [-0.39, 0.29) is 13.1 Å². The molecule has 8 heteroatoms. The molecule has 2 rings (SSSR count). The molecule has 0 aliphatic rings. The van der Waals surface area contributed by atoms with Crippen LogP contribution in [0.2, 0.25) is 0 Å². The van der Waals surface area contributed by atoms with Crippen molar-refractivity contribution in [2.75, 3.05) is 20.8 Å². The summed E-state index contributed by atoms with van der Waals surface area (Å²) in [5, 5.41) is 5.14. The summed E-state index contributed by atoms with van der Waals surface area (Å²) >= 11 is 0. The summed E-state index contributed by atoms with van der Waals surface area (Å²) in [4.78, 5) is 36.2. The zero-order valence-corrected chi connectivity index (χ0v) is 16.6. The number of carbonyl (C=O) groups excluding carboxylic acids is 3. The number of nitrogens with one attached hydrogen (secondary N) is 2. The number of esters is 1. The molecule has 0 unspecified atom stereocenters. The monoisotopic (exact) mass is 400 g/mol. The van der Waals surface area contributed by atoms with Gasteiger partial charge in [0.1, 0.15) is 18.0 Å². The molecular formula is C21H24N2O6. The van der Waals surface area contributed by atoms with Gasteiger partial charge in [0, 0.05) is 6.54 Å². The standard InChI is InChI=1S/C21H24N2O6/c1-14(20(25)22-12-15-8-10-16(27-2)11-9-15)29-19(24)13-23-21(26)17-6-4-5-7-18(17)28-3/h4-11,14H,12-13H2,1-3H3,(H,22,25)(H,23,26)/t14-/m0/s1. The molecule has 2 N–H and O–H groups in total. The van der Waals surface area contributed by atoms with Crippen LogP contribution in [0.15, 0.2) is 48.5 Å². The van der Waals surface area contributed by atoms with Crippen LogP contribution in [0.5, 0.6) is 11.5 Å². The summed E-state index contributed by atoms with van der Waals surface area (Å²) in [6.07, 6.45) is -0.996. The molecule has 0 aliphatic heterocycles. The number of ether oxygens (including phenoxy) is 3. The molecule has 154 valence electrons. The van der Waals surface area contributed by atoms with Crippen molar-refractivity contribution in [3.8, 4) is 11.5 Å². The van der Waals surface area contributed by atoms with Gasteiger partial charge in [-0.15, -0.1) is 0 Å². The van der Waals surface area contributed by atoms with Gasteiger partial charge in [0.05, 0.1) is 19.8 Å². The maximum atomic E-state index is 12.2. The van der Waals surface area contributed by atoms with Gasteiger partial charge >= 0.3 is 5.97 Å². The van der Waals surface area contributed by atoms with E-state index in [1.54, 1.807) is 43.5 Å². The SMILES string of the molecule is COc1ccc(CNC(=O)[C@H](C)OC(=O)CNC(=O)c2ccccc2OC)cc1. The van der Waals surface area contributed by atoms with Gasteiger partial charge in [-0.05, 0) is 36.8 Å². The lowest BCUT2D eigenvalue weighted by Crippen LogP contribution is -2.38. The van der Waals surface area contributed by atoms with E-state index in [0.29, 0.717) is 11.3 Å². The third-order valence-electron chi connectivity index (χ3n) is 4.05. The molecule has 2 amide bonds. The molecule has 0 aromatic heterocycles. The van der Waals surface area contributed by atoms with Gasteiger partial charge in [-0.2, -0.15) is 0 Å². The first-order valence-electron chi connectivity index (χ1n) is 8.96. The number of para-hydroxylation sites is 1. The van der Waals surface area contributed by atoms with Crippen molar-refractivity contribution in [1.29, 1.82) is 0 Å². The number of hydrogen-bond donors (Lipinski definition) is 2. The van der Waals surface area contributed by atoms with Crippen molar-refractivity contribution in [2.24, 2.45) is 0 Å². The first kappa shape index (κ1) is 21.7. The Bertz CT molecular complexity index is 851. The number of hydrogen-bond acceptors (Lipinski definition) is 6. The van der Waals surface area contributed by atoms with Gasteiger partial charge in [-0.1, -0.05) is 24.3 Å². The molecule has 0 heterocycles. The van der Waals surface area contributed by atoms with E-state index in [9.17, 15) is 14.4 Å². The van der Waals surface area contributed by atoms with Crippen molar-refractivity contribution in [3.05, 3.63) is 59.7 Å². The fraction of sp³-hybridized carbons (Fsp3) is 0.286. The quantitative estimate of drug-likeness (QED) is 0.621. The molecule has 8 nitrogen and oxygen atoms in total. The Kier molecular flexibility index (Phi) is 8.02. The predicted octanol–water partition coefficient (Wildman–Crippen LogP) is 1.68. The van der Waals surface area contributed by atoms with E-state index in [2.05, 4.69) is 10.6 Å². The van der Waals surface area contributed by atoms with Crippen LogP contribution < -0.4 is 20.1 Å². The van der Waals surface area contributed by atoms with Crippen molar-refractivity contribution in [2.45, 2.75) is 19.6 Å². The average Bonchev–Trinajstić information content (AvgIpc) is 2.75. The molecule has 29 heavy (non-hydrogen) atoms. The Morgan fingerprint density at radius 2 is 1.62 bits per heavy atom. The minimum atomic E-state index is -0.996. The van der Waals surface area contributed by atoms with Crippen molar-refractivity contribution >= 4 is 17.8 Å². The molecule has 0 aliphatic carbocycles. The Morgan fingerprint density at radius 1 is 0.931 bits per heavy atom. The second-order valence-electron chi connectivity index (χ2n) is 6.08. The van der Waals surface area contributed by atoms with E-state index in [1.807, 2.05) is 12.1 Å². The van der Waals surface area contributed by atoms with E-state index < -0.39 is 23.9 Å². The summed E-state index contributed by atoms with van der Waals surface area (Å²) in [5.74, 6) is -0.524. The van der Waals surface area contributed by atoms with Crippen LogP contribution in [-0.2, 0) is 20.9 Å². The summed E-state index contributed by atoms with van der Waals surface area (Å²) in [5.41, 5.74) is 1.18. The number of rotatable bonds is 9. The largest absolute Gasteiger partial charge is 0.497 e. The molecule has 0 fully saturated rings. The van der Waals surface area contributed by atoms with Gasteiger partial charge < -0.3 is 24.8 Å². The first-order chi connectivity index (χ1) is 13.9. The molecule has 0 saturated heterocycles. The third-order valence-corrected chi connectivity index (χ3v) is 4.05. The van der Waals surface area contributed by atoms with Gasteiger partial charge in [-0.3, -0.25) is 14.4 Å². The first-order valence-corrected chi connectivity index (χ1v) is 8.96. The highest BCUT2D eigenvalue weighted by molar-refractivity contribution is 5.98. The predicted molar refractivity (Wildman–Crippen MR) is 106 cm³/mol. The van der Waals surface area contributed by atoms with Crippen LogP contribution in [0.25, 0.3) is 0 Å². The van der Waals surface area contributed by atoms with E-state index in [1.165, 1.54) is 14.0 Å². The maximum Gasteiger partial charge on any atom is 0.326 e. The fourth-order valence-corrected chi connectivity index (χ4v) is 2.45.